The monoisotopic (exact) mass is 332 g/mol. The Bertz CT molecular complexity index is 772. The molecular formula is C16H20N4O4. The first kappa shape index (κ1) is 16.3. The zero-order chi connectivity index (χ0) is 17.3. The lowest BCUT2D eigenvalue weighted by molar-refractivity contribution is -0.390. The van der Waals surface area contributed by atoms with Gasteiger partial charge in [0.2, 0.25) is 6.33 Å². The lowest BCUT2D eigenvalue weighted by Gasteiger charge is -2.29. The predicted octanol–water partition coefficient (Wildman–Crippen LogP) is 1.90. The standard InChI is InChI=1S/C16H20N4O4/c1-18-10-17-16(20(21)22)13(18)9-19-5-4-11-6-14(23-2)15(24-3)7-12(11)8-19/h6-7,10H,4-5,8-9H2,1-3H3. The number of imidazole rings is 1. The van der Waals surface area contributed by atoms with Crippen LogP contribution in [0.4, 0.5) is 5.82 Å². The molecule has 0 saturated carbocycles. The summed E-state index contributed by atoms with van der Waals surface area (Å²) in [5, 5.41) is 11.1. The third-order valence-corrected chi connectivity index (χ3v) is 4.38. The van der Waals surface area contributed by atoms with E-state index < -0.39 is 4.92 Å². The molecule has 0 fully saturated rings. The molecule has 0 N–H and O–H groups in total. The van der Waals surface area contributed by atoms with Crippen molar-refractivity contribution in [1.82, 2.24) is 14.5 Å². The van der Waals surface area contributed by atoms with Gasteiger partial charge >= 0.3 is 5.82 Å². The molecule has 1 aromatic heterocycles. The summed E-state index contributed by atoms with van der Waals surface area (Å²) in [4.78, 5) is 16.7. The van der Waals surface area contributed by atoms with Crippen LogP contribution in [0.15, 0.2) is 18.5 Å². The molecule has 1 aliphatic heterocycles. The number of rotatable bonds is 5. The molecule has 0 radical (unpaired) electrons. The van der Waals surface area contributed by atoms with Crippen LogP contribution in [0.2, 0.25) is 0 Å². The number of nitrogens with zero attached hydrogens (tertiary/aromatic N) is 4. The quantitative estimate of drug-likeness (QED) is 0.614. The number of fused-ring (bicyclic) bond motifs is 1. The van der Waals surface area contributed by atoms with Gasteiger partial charge in [-0.2, -0.15) is 0 Å². The van der Waals surface area contributed by atoms with Crippen LogP contribution in [0, 0.1) is 10.1 Å². The highest BCUT2D eigenvalue weighted by molar-refractivity contribution is 5.48. The van der Waals surface area contributed by atoms with Gasteiger partial charge < -0.3 is 24.2 Å². The summed E-state index contributed by atoms with van der Waals surface area (Å²) in [5.74, 6) is 1.35. The number of aromatic nitrogens is 2. The second-order valence-electron chi connectivity index (χ2n) is 5.82. The lowest BCUT2D eigenvalue weighted by Crippen LogP contribution is -2.31. The maximum absolute atomic E-state index is 11.1. The van der Waals surface area contributed by atoms with E-state index in [-0.39, 0.29) is 5.82 Å². The highest BCUT2D eigenvalue weighted by Crippen LogP contribution is 2.33. The summed E-state index contributed by atoms with van der Waals surface area (Å²) in [6, 6.07) is 4.00. The number of nitro groups is 1. The van der Waals surface area contributed by atoms with Gasteiger partial charge in [0.05, 0.1) is 14.2 Å². The molecule has 0 saturated heterocycles. The number of benzene rings is 1. The van der Waals surface area contributed by atoms with Crippen molar-refractivity contribution < 1.29 is 14.4 Å². The van der Waals surface area contributed by atoms with Crippen LogP contribution in [0.25, 0.3) is 0 Å². The molecule has 8 heteroatoms. The molecular weight excluding hydrogens is 312 g/mol. The summed E-state index contributed by atoms with van der Waals surface area (Å²) < 4.78 is 12.4. The van der Waals surface area contributed by atoms with Crippen LogP contribution in [0.3, 0.4) is 0 Å². The fourth-order valence-corrected chi connectivity index (χ4v) is 3.07. The average molecular weight is 332 g/mol. The summed E-state index contributed by atoms with van der Waals surface area (Å²) >= 11 is 0. The van der Waals surface area contributed by atoms with Crippen molar-refractivity contribution in [3.8, 4) is 11.5 Å². The summed E-state index contributed by atoms with van der Waals surface area (Å²) in [7, 11) is 5.02. The van der Waals surface area contributed by atoms with Crippen LogP contribution in [0.1, 0.15) is 16.8 Å². The summed E-state index contributed by atoms with van der Waals surface area (Å²) in [5.41, 5.74) is 3.00. The van der Waals surface area contributed by atoms with E-state index >= 15 is 0 Å². The molecule has 8 nitrogen and oxygen atoms in total. The van der Waals surface area contributed by atoms with Gasteiger partial charge in [-0.15, -0.1) is 0 Å². The topological polar surface area (TPSA) is 82.7 Å². The van der Waals surface area contributed by atoms with E-state index in [1.165, 1.54) is 11.9 Å². The molecule has 128 valence electrons. The van der Waals surface area contributed by atoms with Crippen LogP contribution in [0.5, 0.6) is 11.5 Å². The van der Waals surface area contributed by atoms with E-state index in [9.17, 15) is 10.1 Å². The number of aryl methyl sites for hydroxylation is 1. The Balaban J connectivity index is 1.83. The Kier molecular flexibility index (Phi) is 4.39. The van der Waals surface area contributed by atoms with Crippen LogP contribution < -0.4 is 9.47 Å². The van der Waals surface area contributed by atoms with Crippen molar-refractivity contribution in [1.29, 1.82) is 0 Å². The first-order chi connectivity index (χ1) is 11.5. The van der Waals surface area contributed by atoms with Gasteiger partial charge in [0.25, 0.3) is 0 Å². The van der Waals surface area contributed by atoms with E-state index in [4.69, 9.17) is 9.47 Å². The maximum Gasteiger partial charge on any atom is 0.386 e. The molecule has 2 heterocycles. The van der Waals surface area contributed by atoms with Crippen molar-refractivity contribution >= 4 is 5.82 Å². The molecule has 3 rings (SSSR count). The Hall–Kier alpha value is -2.61. The molecule has 0 bridgehead atoms. The van der Waals surface area contributed by atoms with Gasteiger partial charge in [-0.05, 0) is 39.6 Å². The molecule has 0 atom stereocenters. The second-order valence-corrected chi connectivity index (χ2v) is 5.82. The zero-order valence-corrected chi connectivity index (χ0v) is 14.0. The average Bonchev–Trinajstić information content (AvgIpc) is 2.94. The van der Waals surface area contributed by atoms with Crippen molar-refractivity contribution in [3.63, 3.8) is 0 Å². The molecule has 0 amide bonds. The fourth-order valence-electron chi connectivity index (χ4n) is 3.07. The Morgan fingerprint density at radius 1 is 1.25 bits per heavy atom. The van der Waals surface area contributed by atoms with Crippen molar-refractivity contribution in [2.45, 2.75) is 19.5 Å². The first-order valence-electron chi connectivity index (χ1n) is 7.64. The van der Waals surface area contributed by atoms with Crippen LogP contribution in [-0.4, -0.2) is 40.1 Å². The van der Waals surface area contributed by atoms with Gasteiger partial charge in [0, 0.05) is 26.7 Å². The molecule has 1 aromatic carbocycles. The van der Waals surface area contributed by atoms with Gasteiger partial charge in [0.1, 0.15) is 5.69 Å². The van der Waals surface area contributed by atoms with E-state index in [0.717, 1.165) is 24.3 Å². The zero-order valence-electron chi connectivity index (χ0n) is 14.0. The molecule has 24 heavy (non-hydrogen) atoms. The minimum Gasteiger partial charge on any atom is -0.493 e. The maximum atomic E-state index is 11.1. The first-order valence-corrected chi connectivity index (χ1v) is 7.64. The van der Waals surface area contributed by atoms with Gasteiger partial charge in [-0.1, -0.05) is 0 Å². The highest BCUT2D eigenvalue weighted by atomic mass is 16.6. The highest BCUT2D eigenvalue weighted by Gasteiger charge is 2.25. The minimum absolute atomic E-state index is 0.0735. The Morgan fingerprint density at radius 2 is 1.92 bits per heavy atom. The second kappa shape index (κ2) is 6.48. The third kappa shape index (κ3) is 2.92. The number of hydrogen-bond donors (Lipinski definition) is 0. The SMILES string of the molecule is COc1cc2c(cc1OC)CN(Cc1c([N+](=O)[O-])ncn1C)CC2. The van der Waals surface area contributed by atoms with E-state index in [2.05, 4.69) is 9.88 Å². The Morgan fingerprint density at radius 3 is 2.54 bits per heavy atom. The van der Waals surface area contributed by atoms with Crippen molar-refractivity contribution in [2.24, 2.45) is 7.05 Å². The van der Waals surface area contributed by atoms with E-state index in [1.807, 2.05) is 12.1 Å². The van der Waals surface area contributed by atoms with Crippen molar-refractivity contribution in [2.75, 3.05) is 20.8 Å². The largest absolute Gasteiger partial charge is 0.493 e. The van der Waals surface area contributed by atoms with E-state index in [0.29, 0.717) is 24.5 Å². The van der Waals surface area contributed by atoms with Crippen molar-refractivity contribution in [3.05, 3.63) is 45.4 Å². The summed E-state index contributed by atoms with van der Waals surface area (Å²) in [6.07, 6.45) is 2.35. The predicted molar refractivity (Wildman–Crippen MR) is 87.2 cm³/mol. The molecule has 2 aromatic rings. The fraction of sp³-hybridized carbons (Fsp3) is 0.438. The number of ether oxygens (including phenoxy) is 2. The van der Waals surface area contributed by atoms with Crippen LogP contribution in [-0.2, 0) is 26.6 Å². The smallest absolute Gasteiger partial charge is 0.386 e. The lowest BCUT2D eigenvalue weighted by atomic mass is 9.98. The number of hydrogen-bond acceptors (Lipinski definition) is 6. The molecule has 0 unspecified atom stereocenters. The molecule has 0 aliphatic carbocycles. The number of methoxy groups -OCH3 is 2. The molecule has 0 spiro atoms. The van der Waals surface area contributed by atoms with Gasteiger partial charge in [-0.25, -0.2) is 0 Å². The third-order valence-electron chi connectivity index (χ3n) is 4.38. The van der Waals surface area contributed by atoms with Gasteiger partial charge in [0.15, 0.2) is 11.5 Å². The van der Waals surface area contributed by atoms with E-state index in [1.54, 1.807) is 25.8 Å². The van der Waals surface area contributed by atoms with Gasteiger partial charge in [-0.3, -0.25) is 4.90 Å². The molecule has 1 aliphatic rings. The minimum atomic E-state index is -0.429. The van der Waals surface area contributed by atoms with Crippen LogP contribution >= 0.6 is 0 Å². The summed E-state index contributed by atoms with van der Waals surface area (Å²) in [6.45, 7) is 2.02. The normalized spacial score (nSPS) is 14.3. The Labute approximate surface area is 139 Å².